The van der Waals surface area contributed by atoms with Crippen molar-refractivity contribution >= 4 is 17.3 Å². The summed E-state index contributed by atoms with van der Waals surface area (Å²) in [7, 11) is 0. The van der Waals surface area contributed by atoms with Gasteiger partial charge in [-0.1, -0.05) is 12.1 Å². The topological polar surface area (TPSA) is 83.4 Å². The number of hydrogen-bond acceptors (Lipinski definition) is 5. The van der Waals surface area contributed by atoms with E-state index < -0.39 is 0 Å². The van der Waals surface area contributed by atoms with Crippen molar-refractivity contribution in [2.45, 2.75) is 26.9 Å². The Morgan fingerprint density at radius 3 is 2.62 bits per heavy atom. The van der Waals surface area contributed by atoms with Gasteiger partial charge in [0.05, 0.1) is 42.3 Å². The third-order valence-corrected chi connectivity index (χ3v) is 3.37. The fourth-order valence-electron chi connectivity index (χ4n) is 2.32. The van der Waals surface area contributed by atoms with Crippen LogP contribution in [-0.4, -0.2) is 25.2 Å². The van der Waals surface area contributed by atoms with Gasteiger partial charge >= 0.3 is 0 Å². The van der Waals surface area contributed by atoms with Gasteiger partial charge in [0.25, 0.3) is 0 Å². The zero-order valence-corrected chi connectivity index (χ0v) is 15.2. The number of nitrogens with one attached hydrogen (secondary N) is 2. The molecule has 0 saturated heterocycles. The number of para-hydroxylation sites is 2. The highest BCUT2D eigenvalue weighted by atomic mass is 16.5. The smallest absolute Gasteiger partial charge is 0.243 e. The first-order valence-electron chi connectivity index (χ1n) is 8.49. The number of nitrogens with zero attached hydrogens (tertiary/aromatic N) is 1. The molecule has 0 bridgehead atoms. The summed E-state index contributed by atoms with van der Waals surface area (Å²) >= 11 is 0. The summed E-state index contributed by atoms with van der Waals surface area (Å²) < 4.78 is 11.2. The van der Waals surface area contributed by atoms with Gasteiger partial charge in [0.1, 0.15) is 11.5 Å². The molecule has 6 heteroatoms. The highest BCUT2D eigenvalue weighted by Gasteiger charge is 2.11. The second kappa shape index (κ2) is 9.33. The van der Waals surface area contributed by atoms with Crippen LogP contribution >= 0.6 is 0 Å². The van der Waals surface area contributed by atoms with E-state index in [0.29, 0.717) is 35.0 Å². The second-order valence-corrected chi connectivity index (χ2v) is 5.82. The Kier molecular flexibility index (Phi) is 6.86. The van der Waals surface area contributed by atoms with Gasteiger partial charge < -0.3 is 20.1 Å². The summed E-state index contributed by atoms with van der Waals surface area (Å²) in [6.45, 7) is 6.27. The van der Waals surface area contributed by atoms with Crippen molar-refractivity contribution in [2.75, 3.05) is 23.8 Å². The lowest BCUT2D eigenvalue weighted by molar-refractivity contribution is -0.114. The van der Waals surface area contributed by atoms with Gasteiger partial charge in [-0.25, -0.2) is 0 Å². The predicted molar refractivity (Wildman–Crippen MR) is 102 cm³/mol. The predicted octanol–water partition coefficient (Wildman–Crippen LogP) is 3.79. The van der Waals surface area contributed by atoms with Crippen molar-refractivity contribution < 1.29 is 14.3 Å². The van der Waals surface area contributed by atoms with E-state index in [9.17, 15) is 4.79 Å². The molecule has 0 spiro atoms. The molecule has 0 fully saturated rings. The monoisotopic (exact) mass is 353 g/mol. The van der Waals surface area contributed by atoms with E-state index in [4.69, 9.17) is 14.7 Å². The number of nitriles is 1. The lowest BCUT2D eigenvalue weighted by Gasteiger charge is -2.16. The van der Waals surface area contributed by atoms with Crippen molar-refractivity contribution in [3.63, 3.8) is 0 Å². The Bertz CT molecular complexity index is 797. The van der Waals surface area contributed by atoms with Gasteiger partial charge in [-0.05, 0) is 51.1 Å². The van der Waals surface area contributed by atoms with Gasteiger partial charge in [-0.15, -0.1) is 0 Å². The third kappa shape index (κ3) is 5.42. The molecule has 2 aromatic carbocycles. The number of carbonyl (C=O) groups excluding carboxylic acids is 1. The summed E-state index contributed by atoms with van der Waals surface area (Å²) in [5.41, 5.74) is 1.71. The minimum atomic E-state index is -0.227. The largest absolute Gasteiger partial charge is 0.492 e. The SMILES string of the molecule is CCOc1ccccc1NC(=O)CNc1cc(C#N)ccc1OC(C)C. The van der Waals surface area contributed by atoms with Crippen molar-refractivity contribution in [3.05, 3.63) is 48.0 Å². The quantitative estimate of drug-likeness (QED) is 0.754. The highest BCUT2D eigenvalue weighted by molar-refractivity contribution is 5.95. The van der Waals surface area contributed by atoms with E-state index in [2.05, 4.69) is 16.7 Å². The van der Waals surface area contributed by atoms with E-state index in [1.54, 1.807) is 30.3 Å². The third-order valence-electron chi connectivity index (χ3n) is 3.37. The number of hydrogen-bond donors (Lipinski definition) is 2. The summed E-state index contributed by atoms with van der Waals surface area (Å²) in [5, 5.41) is 14.9. The van der Waals surface area contributed by atoms with Crippen molar-refractivity contribution in [1.29, 1.82) is 5.26 Å². The molecule has 0 atom stereocenters. The number of amides is 1. The fraction of sp³-hybridized carbons (Fsp3) is 0.300. The molecule has 2 N–H and O–H groups in total. The van der Waals surface area contributed by atoms with Crippen LogP contribution in [0.1, 0.15) is 26.3 Å². The van der Waals surface area contributed by atoms with E-state index in [0.717, 1.165) is 0 Å². The van der Waals surface area contributed by atoms with Crippen LogP contribution < -0.4 is 20.1 Å². The van der Waals surface area contributed by atoms with Crippen molar-refractivity contribution in [3.8, 4) is 17.6 Å². The fourth-order valence-corrected chi connectivity index (χ4v) is 2.32. The first kappa shape index (κ1) is 19.1. The molecule has 0 saturated carbocycles. The molecule has 0 aromatic heterocycles. The van der Waals surface area contributed by atoms with E-state index in [1.807, 2.05) is 32.9 Å². The second-order valence-electron chi connectivity index (χ2n) is 5.82. The van der Waals surface area contributed by atoms with E-state index in [1.165, 1.54) is 0 Å². The molecule has 2 rings (SSSR count). The zero-order valence-electron chi connectivity index (χ0n) is 15.2. The molecule has 2 aromatic rings. The number of rotatable bonds is 8. The van der Waals surface area contributed by atoms with Gasteiger partial charge in [0.15, 0.2) is 0 Å². The Morgan fingerprint density at radius 2 is 1.92 bits per heavy atom. The number of ether oxygens (including phenoxy) is 2. The number of carbonyl (C=O) groups is 1. The number of anilines is 2. The Balaban J connectivity index is 2.06. The molecule has 6 nitrogen and oxygen atoms in total. The average Bonchev–Trinajstić information content (AvgIpc) is 2.62. The summed E-state index contributed by atoms with van der Waals surface area (Å²) in [6, 6.07) is 14.4. The maximum atomic E-state index is 12.3. The zero-order chi connectivity index (χ0) is 18.9. The molecular weight excluding hydrogens is 330 g/mol. The van der Waals surface area contributed by atoms with Gasteiger partial charge in [-0.3, -0.25) is 4.79 Å². The van der Waals surface area contributed by atoms with Crippen molar-refractivity contribution in [1.82, 2.24) is 0 Å². The summed E-state index contributed by atoms with van der Waals surface area (Å²) in [6.07, 6.45) is -0.0182. The molecule has 0 aliphatic rings. The van der Waals surface area contributed by atoms with Gasteiger partial charge in [0.2, 0.25) is 5.91 Å². The lowest BCUT2D eigenvalue weighted by Crippen LogP contribution is -2.22. The lowest BCUT2D eigenvalue weighted by atomic mass is 10.2. The molecule has 26 heavy (non-hydrogen) atoms. The molecule has 0 unspecified atom stereocenters. The van der Waals surface area contributed by atoms with Crippen LogP contribution in [0.3, 0.4) is 0 Å². The van der Waals surface area contributed by atoms with Crippen LogP contribution in [0.15, 0.2) is 42.5 Å². The minimum Gasteiger partial charge on any atom is -0.492 e. The van der Waals surface area contributed by atoms with E-state index >= 15 is 0 Å². The van der Waals surface area contributed by atoms with Crippen LogP contribution in [0, 0.1) is 11.3 Å². The maximum absolute atomic E-state index is 12.3. The van der Waals surface area contributed by atoms with Crippen LogP contribution in [0.25, 0.3) is 0 Å². The molecule has 136 valence electrons. The van der Waals surface area contributed by atoms with Crippen LogP contribution in [-0.2, 0) is 4.79 Å². The molecule has 0 aliphatic carbocycles. The molecule has 0 heterocycles. The highest BCUT2D eigenvalue weighted by Crippen LogP contribution is 2.27. The van der Waals surface area contributed by atoms with Crippen LogP contribution in [0.4, 0.5) is 11.4 Å². The van der Waals surface area contributed by atoms with Crippen molar-refractivity contribution in [2.24, 2.45) is 0 Å². The van der Waals surface area contributed by atoms with Gasteiger partial charge in [-0.2, -0.15) is 5.26 Å². The Hall–Kier alpha value is -3.20. The molecule has 1 amide bonds. The van der Waals surface area contributed by atoms with Crippen LogP contribution in [0.2, 0.25) is 0 Å². The number of benzene rings is 2. The molecule has 0 radical (unpaired) electrons. The average molecular weight is 353 g/mol. The van der Waals surface area contributed by atoms with E-state index in [-0.39, 0.29) is 18.6 Å². The van der Waals surface area contributed by atoms with Crippen LogP contribution in [0.5, 0.6) is 11.5 Å². The molecular formula is C20H23N3O3. The normalized spacial score (nSPS) is 10.1. The maximum Gasteiger partial charge on any atom is 0.243 e. The minimum absolute atomic E-state index is 0.0182. The first-order valence-corrected chi connectivity index (χ1v) is 8.49. The Labute approximate surface area is 153 Å². The Morgan fingerprint density at radius 1 is 1.15 bits per heavy atom. The standard InChI is InChI=1S/C20H23N3O3/c1-4-25-18-8-6-5-7-16(18)23-20(24)13-22-17-11-15(12-21)9-10-19(17)26-14(2)3/h5-11,14,22H,4,13H2,1-3H3,(H,23,24). The molecule has 0 aliphatic heterocycles. The summed E-state index contributed by atoms with van der Waals surface area (Å²) in [5.74, 6) is 0.996. The summed E-state index contributed by atoms with van der Waals surface area (Å²) in [4.78, 5) is 12.3. The van der Waals surface area contributed by atoms with Gasteiger partial charge in [0, 0.05) is 0 Å². The first-order chi connectivity index (χ1) is 12.5.